The van der Waals surface area contributed by atoms with Gasteiger partial charge in [0.2, 0.25) is 0 Å². The molecule has 2 unspecified atom stereocenters. The first kappa shape index (κ1) is 15.6. The average Bonchev–Trinajstić information content (AvgIpc) is 2.78. The lowest BCUT2D eigenvalue weighted by Gasteiger charge is -2.28. The fourth-order valence-electron chi connectivity index (χ4n) is 3.51. The topological polar surface area (TPSA) is 12.0 Å². The Balaban J connectivity index is 2.16. The predicted molar refractivity (Wildman–Crippen MR) is 88.5 cm³/mol. The molecular weight excluding hydrogens is 242 g/mol. The number of aryl methyl sites for hydroxylation is 3. The van der Waals surface area contributed by atoms with Gasteiger partial charge in [0.25, 0.3) is 0 Å². The van der Waals surface area contributed by atoms with Crippen molar-refractivity contribution in [1.82, 2.24) is 5.32 Å². The van der Waals surface area contributed by atoms with Crippen molar-refractivity contribution in [2.24, 2.45) is 5.92 Å². The molecule has 1 nitrogen and oxygen atoms in total. The van der Waals surface area contributed by atoms with E-state index in [1.807, 2.05) is 0 Å². The molecule has 0 aromatic heterocycles. The van der Waals surface area contributed by atoms with Crippen LogP contribution in [0.15, 0.2) is 12.1 Å². The van der Waals surface area contributed by atoms with E-state index in [0.717, 1.165) is 18.4 Å². The zero-order valence-corrected chi connectivity index (χ0v) is 14.1. The van der Waals surface area contributed by atoms with Crippen LogP contribution in [0.3, 0.4) is 0 Å². The molecule has 1 heteroatoms. The second kappa shape index (κ2) is 5.89. The summed E-state index contributed by atoms with van der Waals surface area (Å²) in [5, 5.41) is 3.71. The number of benzene rings is 1. The third kappa shape index (κ3) is 3.63. The summed E-state index contributed by atoms with van der Waals surface area (Å²) in [7, 11) is 0. The zero-order chi connectivity index (χ0) is 14.9. The van der Waals surface area contributed by atoms with Gasteiger partial charge in [-0.25, -0.2) is 0 Å². The maximum Gasteiger partial charge on any atom is 0.00966 e. The summed E-state index contributed by atoms with van der Waals surface area (Å²) >= 11 is 0. The smallest absolute Gasteiger partial charge is 0.00966 e. The first-order chi connectivity index (χ1) is 9.28. The van der Waals surface area contributed by atoms with E-state index >= 15 is 0 Å². The molecule has 0 aliphatic heterocycles. The highest BCUT2D eigenvalue weighted by Crippen LogP contribution is 2.41. The second-order valence-electron chi connectivity index (χ2n) is 7.72. The highest BCUT2D eigenvalue weighted by molar-refractivity contribution is 5.39. The monoisotopic (exact) mass is 273 g/mol. The van der Waals surface area contributed by atoms with Crippen LogP contribution in [0.1, 0.15) is 68.2 Å². The Hall–Kier alpha value is -0.820. The van der Waals surface area contributed by atoms with Gasteiger partial charge in [-0.2, -0.15) is 0 Å². The second-order valence-corrected chi connectivity index (χ2v) is 7.72. The van der Waals surface area contributed by atoms with Crippen LogP contribution in [0, 0.1) is 26.7 Å². The first-order valence-electron chi connectivity index (χ1n) is 8.11. The summed E-state index contributed by atoms with van der Waals surface area (Å²) in [6.07, 6.45) is 4.12. The van der Waals surface area contributed by atoms with Crippen LogP contribution in [0.4, 0.5) is 0 Å². The summed E-state index contributed by atoms with van der Waals surface area (Å²) < 4.78 is 0. The van der Waals surface area contributed by atoms with Gasteiger partial charge in [-0.3, -0.25) is 0 Å². The number of hydrogen-bond donors (Lipinski definition) is 1. The molecule has 0 spiro atoms. The summed E-state index contributed by atoms with van der Waals surface area (Å²) in [5.41, 5.74) is 6.19. The van der Waals surface area contributed by atoms with E-state index in [2.05, 4.69) is 59.0 Å². The van der Waals surface area contributed by atoms with Crippen molar-refractivity contribution in [1.29, 1.82) is 0 Å². The Kier molecular flexibility index (Phi) is 4.59. The van der Waals surface area contributed by atoms with E-state index in [4.69, 9.17) is 0 Å². The maximum atomic E-state index is 3.71. The van der Waals surface area contributed by atoms with E-state index in [1.165, 1.54) is 36.0 Å². The Morgan fingerprint density at radius 2 is 1.65 bits per heavy atom. The largest absolute Gasteiger partial charge is 0.312 e. The van der Waals surface area contributed by atoms with Gasteiger partial charge in [-0.05, 0) is 95.0 Å². The molecular formula is C19H31N. The molecule has 0 bridgehead atoms. The highest BCUT2D eigenvalue weighted by atomic mass is 14.9. The van der Waals surface area contributed by atoms with Crippen LogP contribution in [0.5, 0.6) is 0 Å². The van der Waals surface area contributed by atoms with Crippen LogP contribution in [-0.4, -0.2) is 12.1 Å². The van der Waals surface area contributed by atoms with Crippen molar-refractivity contribution < 1.29 is 0 Å². The third-order valence-electron chi connectivity index (χ3n) is 4.84. The van der Waals surface area contributed by atoms with Gasteiger partial charge < -0.3 is 5.32 Å². The Morgan fingerprint density at radius 1 is 1.00 bits per heavy atom. The molecule has 0 saturated heterocycles. The van der Waals surface area contributed by atoms with Crippen LogP contribution >= 0.6 is 0 Å². The van der Waals surface area contributed by atoms with Gasteiger partial charge in [-0.15, -0.1) is 0 Å². The quantitative estimate of drug-likeness (QED) is 0.827. The van der Waals surface area contributed by atoms with Crippen molar-refractivity contribution in [3.05, 3.63) is 34.4 Å². The molecule has 0 heterocycles. The summed E-state index contributed by atoms with van der Waals surface area (Å²) in [6.45, 7) is 14.7. The molecule has 1 aromatic rings. The fraction of sp³-hybridized carbons (Fsp3) is 0.684. The van der Waals surface area contributed by atoms with Gasteiger partial charge in [0.15, 0.2) is 0 Å². The van der Waals surface area contributed by atoms with Crippen LogP contribution in [-0.2, 0) is 0 Å². The molecule has 2 atom stereocenters. The molecule has 20 heavy (non-hydrogen) atoms. The van der Waals surface area contributed by atoms with Crippen LogP contribution < -0.4 is 5.32 Å². The van der Waals surface area contributed by atoms with Gasteiger partial charge >= 0.3 is 0 Å². The van der Waals surface area contributed by atoms with E-state index in [-0.39, 0.29) is 5.54 Å². The van der Waals surface area contributed by atoms with Crippen molar-refractivity contribution in [3.63, 3.8) is 0 Å². The predicted octanol–water partition coefficient (Wildman–Crippen LogP) is 4.88. The summed E-state index contributed by atoms with van der Waals surface area (Å²) in [6, 6.07) is 4.82. The van der Waals surface area contributed by atoms with Crippen molar-refractivity contribution in [2.75, 3.05) is 6.54 Å². The molecule has 1 aromatic carbocycles. The molecule has 1 fully saturated rings. The van der Waals surface area contributed by atoms with Gasteiger partial charge in [-0.1, -0.05) is 18.6 Å². The normalized spacial score (nSPS) is 23.3. The minimum Gasteiger partial charge on any atom is -0.312 e. The van der Waals surface area contributed by atoms with Gasteiger partial charge in [0.1, 0.15) is 0 Å². The molecule has 112 valence electrons. The van der Waals surface area contributed by atoms with Gasteiger partial charge in [0, 0.05) is 5.54 Å². The van der Waals surface area contributed by atoms with E-state index in [1.54, 1.807) is 5.56 Å². The minimum atomic E-state index is 0.228. The highest BCUT2D eigenvalue weighted by Gasteiger charge is 2.30. The summed E-state index contributed by atoms with van der Waals surface area (Å²) in [4.78, 5) is 0. The Morgan fingerprint density at radius 3 is 2.30 bits per heavy atom. The number of hydrogen-bond acceptors (Lipinski definition) is 1. The average molecular weight is 273 g/mol. The molecule has 1 aliphatic carbocycles. The molecule has 1 N–H and O–H groups in total. The molecule has 1 saturated carbocycles. The van der Waals surface area contributed by atoms with Crippen LogP contribution in [0.2, 0.25) is 0 Å². The first-order valence-corrected chi connectivity index (χ1v) is 8.11. The summed E-state index contributed by atoms with van der Waals surface area (Å²) in [5.74, 6) is 1.55. The Bertz CT molecular complexity index is 467. The molecule has 0 amide bonds. The third-order valence-corrected chi connectivity index (χ3v) is 4.84. The molecule has 0 radical (unpaired) electrons. The number of nitrogens with one attached hydrogen (secondary N) is 1. The number of rotatable bonds is 3. The standard InChI is InChI=1S/C19H31N/c1-13-10-15(3)18(11-14(13)2)17-9-7-8-16(17)12-20-19(4,5)6/h10-11,16-17,20H,7-9,12H2,1-6H3. The SMILES string of the molecule is Cc1cc(C)c(C2CCCC2CNC(C)(C)C)cc1C. The fourth-order valence-corrected chi connectivity index (χ4v) is 3.51. The zero-order valence-electron chi connectivity index (χ0n) is 14.1. The lowest BCUT2D eigenvalue weighted by atomic mass is 9.84. The molecule has 1 aliphatic rings. The minimum absolute atomic E-state index is 0.228. The van der Waals surface area contributed by atoms with Crippen molar-refractivity contribution in [2.45, 2.75) is 72.3 Å². The molecule has 2 rings (SSSR count). The lowest BCUT2D eigenvalue weighted by Crippen LogP contribution is -2.39. The van der Waals surface area contributed by atoms with Crippen molar-refractivity contribution >= 4 is 0 Å². The van der Waals surface area contributed by atoms with Crippen LogP contribution in [0.25, 0.3) is 0 Å². The van der Waals surface area contributed by atoms with Crippen molar-refractivity contribution in [3.8, 4) is 0 Å². The van der Waals surface area contributed by atoms with Gasteiger partial charge in [0.05, 0.1) is 0 Å². The van der Waals surface area contributed by atoms with E-state index in [0.29, 0.717) is 0 Å². The lowest BCUT2D eigenvalue weighted by molar-refractivity contribution is 0.356. The maximum absolute atomic E-state index is 3.71. The van der Waals surface area contributed by atoms with E-state index in [9.17, 15) is 0 Å². The Labute approximate surface area is 125 Å². The van der Waals surface area contributed by atoms with E-state index < -0.39 is 0 Å².